The summed E-state index contributed by atoms with van der Waals surface area (Å²) in [5.41, 5.74) is 0.767. The van der Waals surface area contributed by atoms with Gasteiger partial charge in [-0.05, 0) is 26.6 Å². The largest absolute Gasteiger partial charge is 0.456 e. The number of benzene rings is 2. The van der Waals surface area contributed by atoms with Crippen molar-refractivity contribution in [2.45, 2.75) is 26.6 Å². The van der Waals surface area contributed by atoms with E-state index in [0.29, 0.717) is 6.16 Å². The van der Waals surface area contributed by atoms with Gasteiger partial charge in [-0.2, -0.15) is 0 Å². The Morgan fingerprint density at radius 1 is 0.957 bits per heavy atom. The van der Waals surface area contributed by atoms with Crippen LogP contribution in [0.4, 0.5) is 0 Å². The summed E-state index contributed by atoms with van der Waals surface area (Å²) in [7, 11) is -4.49. The van der Waals surface area contributed by atoms with Crippen molar-refractivity contribution in [2.24, 2.45) is 5.16 Å². The number of oxime groups is 1. The van der Waals surface area contributed by atoms with Gasteiger partial charge in [-0.3, -0.25) is 0 Å². The first-order valence-electron chi connectivity index (χ1n) is 7.73. The Bertz CT molecular complexity index is 665. The van der Waals surface area contributed by atoms with Gasteiger partial charge in [0.2, 0.25) is 0 Å². The lowest BCUT2D eigenvalue weighted by molar-refractivity contribution is 0.334. The molecule has 3 nitrogen and oxygen atoms in total. The van der Waals surface area contributed by atoms with Gasteiger partial charge in [0.15, 0.2) is 0 Å². The van der Waals surface area contributed by atoms with Crippen LogP contribution in [0.15, 0.2) is 65.8 Å². The Morgan fingerprint density at radius 3 is 1.78 bits per heavy atom. The highest BCUT2D eigenvalue weighted by Gasteiger charge is 2.28. The second-order valence-electron chi connectivity index (χ2n) is 6.60. The quantitative estimate of drug-likeness (QED) is 0.340. The monoisotopic (exact) mass is 345 g/mol. The van der Waals surface area contributed by atoms with E-state index in [-0.39, 0.29) is 0 Å². The van der Waals surface area contributed by atoms with Crippen LogP contribution in [0.25, 0.3) is 0 Å². The van der Waals surface area contributed by atoms with E-state index in [9.17, 15) is 4.57 Å². The highest BCUT2D eigenvalue weighted by atomic mass is 31.2. The van der Waals surface area contributed by atoms with Gasteiger partial charge in [0.05, 0.1) is 11.9 Å². The van der Waals surface area contributed by atoms with Crippen LogP contribution in [0.5, 0.6) is 0 Å². The second kappa shape index (κ2) is 7.29. The molecular weight excluding hydrogens is 321 g/mol. The SMILES string of the molecule is C/C(CP(=O)(c1ccccc1)c1ccccc1)=N/O[Si](C)(C)C. The average Bonchev–Trinajstić information content (AvgIpc) is 2.54. The van der Waals surface area contributed by atoms with E-state index in [1.165, 1.54) is 0 Å². The summed E-state index contributed by atoms with van der Waals surface area (Å²) >= 11 is 0. The van der Waals surface area contributed by atoms with E-state index in [1.54, 1.807) is 0 Å². The van der Waals surface area contributed by atoms with E-state index >= 15 is 0 Å². The fourth-order valence-electron chi connectivity index (χ4n) is 2.24. The lowest BCUT2D eigenvalue weighted by Crippen LogP contribution is -2.25. The van der Waals surface area contributed by atoms with Gasteiger partial charge in [0.1, 0.15) is 7.14 Å². The third-order valence-electron chi connectivity index (χ3n) is 3.27. The Balaban J connectivity index is 2.38. The Labute approximate surface area is 139 Å². The second-order valence-corrected chi connectivity index (χ2v) is 13.8. The summed E-state index contributed by atoms with van der Waals surface area (Å²) in [6, 6.07) is 19.3. The lowest BCUT2D eigenvalue weighted by Gasteiger charge is -2.20. The van der Waals surface area contributed by atoms with Gasteiger partial charge in [0, 0.05) is 10.6 Å². The van der Waals surface area contributed by atoms with Crippen LogP contribution in [0.1, 0.15) is 6.92 Å². The maximum Gasteiger partial charge on any atom is 0.278 e. The average molecular weight is 345 g/mol. The van der Waals surface area contributed by atoms with Gasteiger partial charge >= 0.3 is 0 Å². The predicted molar refractivity (Wildman–Crippen MR) is 102 cm³/mol. The molecule has 0 N–H and O–H groups in total. The first-order chi connectivity index (χ1) is 10.8. The van der Waals surface area contributed by atoms with Crippen molar-refractivity contribution in [1.29, 1.82) is 0 Å². The van der Waals surface area contributed by atoms with Crippen molar-refractivity contribution in [3.8, 4) is 0 Å². The van der Waals surface area contributed by atoms with Crippen molar-refractivity contribution in [2.75, 3.05) is 6.16 Å². The van der Waals surface area contributed by atoms with Crippen molar-refractivity contribution < 1.29 is 9.09 Å². The fourth-order valence-corrected chi connectivity index (χ4v) is 5.34. The van der Waals surface area contributed by atoms with Gasteiger partial charge in [-0.1, -0.05) is 60.7 Å². The molecule has 2 rings (SSSR count). The van der Waals surface area contributed by atoms with Gasteiger partial charge < -0.3 is 9.09 Å². The van der Waals surface area contributed by atoms with E-state index < -0.39 is 15.5 Å². The summed E-state index contributed by atoms with van der Waals surface area (Å²) in [6.07, 6.45) is 0.394. The van der Waals surface area contributed by atoms with Crippen molar-refractivity contribution in [3.63, 3.8) is 0 Å². The van der Waals surface area contributed by atoms with Gasteiger partial charge in [-0.15, -0.1) is 5.16 Å². The number of nitrogens with zero attached hydrogens (tertiary/aromatic N) is 1. The lowest BCUT2D eigenvalue weighted by atomic mass is 10.4. The Kier molecular flexibility index (Phi) is 5.61. The molecule has 23 heavy (non-hydrogen) atoms. The van der Waals surface area contributed by atoms with Gasteiger partial charge in [0.25, 0.3) is 8.32 Å². The molecule has 0 saturated heterocycles. The first-order valence-corrected chi connectivity index (χ1v) is 13.0. The third kappa shape index (κ3) is 4.92. The van der Waals surface area contributed by atoms with Crippen LogP contribution in [-0.2, 0) is 9.09 Å². The van der Waals surface area contributed by atoms with Crippen molar-refractivity contribution in [3.05, 3.63) is 60.7 Å². The molecule has 0 heterocycles. The van der Waals surface area contributed by atoms with Crippen molar-refractivity contribution in [1.82, 2.24) is 0 Å². The molecule has 0 unspecified atom stereocenters. The summed E-state index contributed by atoms with van der Waals surface area (Å²) < 4.78 is 19.4. The summed E-state index contributed by atoms with van der Waals surface area (Å²) in [5.74, 6) is 0. The molecule has 0 bridgehead atoms. The van der Waals surface area contributed by atoms with Gasteiger partial charge in [-0.25, -0.2) is 0 Å². The zero-order chi connectivity index (χ0) is 16.9. The molecule has 0 spiro atoms. The number of hydrogen-bond donors (Lipinski definition) is 0. The van der Waals surface area contributed by atoms with E-state index in [2.05, 4.69) is 24.8 Å². The maximum atomic E-state index is 13.8. The maximum absolute atomic E-state index is 13.8. The van der Waals surface area contributed by atoms with E-state index in [4.69, 9.17) is 4.53 Å². The molecule has 2 aromatic carbocycles. The molecule has 0 aromatic heterocycles. The molecule has 0 atom stereocenters. The molecule has 0 saturated carbocycles. The molecule has 0 amide bonds. The summed E-state index contributed by atoms with van der Waals surface area (Å²) in [5, 5.41) is 5.95. The van der Waals surface area contributed by atoms with Crippen molar-refractivity contribution >= 4 is 31.8 Å². The Morgan fingerprint density at radius 2 is 1.39 bits per heavy atom. The van der Waals surface area contributed by atoms with E-state index in [0.717, 1.165) is 16.3 Å². The van der Waals surface area contributed by atoms with E-state index in [1.807, 2.05) is 67.6 Å². The molecule has 0 aliphatic rings. The van der Waals surface area contributed by atoms with Crippen LogP contribution in [0.3, 0.4) is 0 Å². The third-order valence-corrected chi connectivity index (χ3v) is 7.08. The predicted octanol–water partition coefficient (Wildman–Crippen LogP) is 4.23. The highest BCUT2D eigenvalue weighted by Crippen LogP contribution is 2.43. The molecule has 0 aliphatic carbocycles. The highest BCUT2D eigenvalue weighted by molar-refractivity contribution is 7.79. The smallest absolute Gasteiger partial charge is 0.278 e. The summed E-state index contributed by atoms with van der Waals surface area (Å²) in [4.78, 5) is 0. The zero-order valence-electron chi connectivity index (χ0n) is 14.2. The normalized spacial score (nSPS) is 13.0. The molecular formula is C18H24NO2PSi. The fraction of sp³-hybridized carbons (Fsp3) is 0.278. The minimum atomic E-state index is -2.76. The molecule has 0 aliphatic heterocycles. The summed E-state index contributed by atoms with van der Waals surface area (Å²) in [6.45, 7) is 8.13. The molecule has 0 fully saturated rings. The van der Waals surface area contributed by atoms with Crippen LogP contribution < -0.4 is 10.6 Å². The van der Waals surface area contributed by atoms with Crippen LogP contribution in [0.2, 0.25) is 19.6 Å². The molecule has 122 valence electrons. The molecule has 2 aromatic rings. The topological polar surface area (TPSA) is 38.7 Å². The minimum absolute atomic E-state index is 0.394. The standard InChI is InChI=1S/C18H24NO2PSi/c1-16(19-21-23(2,3)4)15-22(20,17-11-7-5-8-12-17)18-13-9-6-10-14-18/h5-14H,15H2,1-4H3/b19-16-. The van der Waals surface area contributed by atoms with Crippen LogP contribution >= 0.6 is 7.14 Å². The first kappa shape index (κ1) is 17.7. The molecule has 0 radical (unpaired) electrons. The van der Waals surface area contributed by atoms with Crippen LogP contribution in [-0.4, -0.2) is 20.2 Å². The Hall–Kier alpha value is -1.64. The zero-order valence-corrected chi connectivity index (χ0v) is 16.1. The molecule has 5 heteroatoms. The van der Waals surface area contributed by atoms with Crippen LogP contribution in [0, 0.1) is 0 Å². The number of hydrogen-bond acceptors (Lipinski definition) is 3. The minimum Gasteiger partial charge on any atom is -0.456 e. The number of rotatable bonds is 6.